The van der Waals surface area contributed by atoms with E-state index in [1.54, 1.807) is 24.3 Å². The predicted octanol–water partition coefficient (Wildman–Crippen LogP) is 0.471. The first-order chi connectivity index (χ1) is 9.00. The number of hydrogen-bond donors (Lipinski definition) is 2. The molecule has 0 aliphatic heterocycles. The molecule has 7 nitrogen and oxygen atoms in total. The highest BCUT2D eigenvalue weighted by molar-refractivity contribution is 5.77. The Labute approximate surface area is 108 Å². The van der Waals surface area contributed by atoms with Crippen molar-refractivity contribution in [3.63, 3.8) is 0 Å². The van der Waals surface area contributed by atoms with E-state index in [9.17, 15) is 14.7 Å². The van der Waals surface area contributed by atoms with Crippen molar-refractivity contribution in [3.05, 3.63) is 40.4 Å². The van der Waals surface area contributed by atoms with Crippen LogP contribution >= 0.6 is 0 Å². The molecule has 0 radical (unpaired) electrons. The second-order valence-electron chi connectivity index (χ2n) is 3.99. The van der Waals surface area contributed by atoms with Crippen LogP contribution in [0.3, 0.4) is 0 Å². The summed E-state index contributed by atoms with van der Waals surface area (Å²) in [7, 11) is 0. The summed E-state index contributed by atoms with van der Waals surface area (Å²) >= 11 is 0. The van der Waals surface area contributed by atoms with Crippen molar-refractivity contribution in [1.82, 2.24) is 9.66 Å². The number of fused-ring (bicyclic) bond motifs is 1. The van der Waals surface area contributed by atoms with Crippen LogP contribution in [-0.4, -0.2) is 20.7 Å². The van der Waals surface area contributed by atoms with Gasteiger partial charge in [0.2, 0.25) is 0 Å². The first-order valence-electron chi connectivity index (χ1n) is 5.64. The number of para-hydroxylation sites is 1. The largest absolute Gasteiger partial charge is 0.385 e. The molecule has 19 heavy (non-hydrogen) atoms. The zero-order valence-corrected chi connectivity index (χ0v) is 10.5. The zero-order chi connectivity index (χ0) is 14.0. The summed E-state index contributed by atoms with van der Waals surface area (Å²) < 4.78 is 0.911. The van der Waals surface area contributed by atoms with E-state index in [0.717, 1.165) is 4.68 Å². The SMILES string of the molecule is CC(=O)ONn1c([C@H](C)O)nc2ccccc2c1=O. The maximum Gasteiger partial charge on any atom is 0.331 e. The van der Waals surface area contributed by atoms with Crippen LogP contribution in [0.1, 0.15) is 25.8 Å². The summed E-state index contributed by atoms with van der Waals surface area (Å²) in [6.45, 7) is 2.65. The van der Waals surface area contributed by atoms with Gasteiger partial charge in [-0.05, 0) is 19.1 Å². The second-order valence-corrected chi connectivity index (χ2v) is 3.99. The molecule has 0 aliphatic rings. The van der Waals surface area contributed by atoms with E-state index in [1.165, 1.54) is 13.8 Å². The van der Waals surface area contributed by atoms with Gasteiger partial charge in [-0.2, -0.15) is 4.68 Å². The third kappa shape index (κ3) is 2.55. The Kier molecular flexibility index (Phi) is 3.48. The maximum atomic E-state index is 12.2. The standard InChI is InChI=1S/C12H13N3O4/c1-7(16)11-13-10-6-4-3-5-9(10)12(18)15(11)14-19-8(2)17/h3-7,14,16H,1-2H3/t7-/m0/s1. The molecule has 1 aromatic heterocycles. The lowest BCUT2D eigenvalue weighted by atomic mass is 10.2. The maximum absolute atomic E-state index is 12.2. The van der Waals surface area contributed by atoms with Gasteiger partial charge in [-0.25, -0.2) is 9.78 Å². The van der Waals surface area contributed by atoms with E-state index in [2.05, 4.69) is 15.4 Å². The molecular weight excluding hydrogens is 250 g/mol. The zero-order valence-electron chi connectivity index (χ0n) is 10.5. The summed E-state index contributed by atoms with van der Waals surface area (Å²) in [5.74, 6) is -0.554. The summed E-state index contributed by atoms with van der Waals surface area (Å²) in [5.41, 5.74) is 2.19. The Balaban J connectivity index is 2.64. The Morgan fingerprint density at radius 2 is 2.16 bits per heavy atom. The van der Waals surface area contributed by atoms with Crippen molar-refractivity contribution in [3.8, 4) is 0 Å². The lowest BCUT2D eigenvalue weighted by molar-refractivity contribution is -0.139. The molecule has 0 fully saturated rings. The fourth-order valence-corrected chi connectivity index (χ4v) is 1.63. The third-order valence-corrected chi connectivity index (χ3v) is 2.46. The quantitative estimate of drug-likeness (QED) is 0.782. The molecule has 7 heteroatoms. The third-order valence-electron chi connectivity index (χ3n) is 2.46. The van der Waals surface area contributed by atoms with Crippen LogP contribution in [0.5, 0.6) is 0 Å². The lowest BCUT2D eigenvalue weighted by Gasteiger charge is -2.15. The Bertz CT molecular complexity index is 678. The smallest absolute Gasteiger partial charge is 0.331 e. The van der Waals surface area contributed by atoms with Crippen LogP contribution in [0.25, 0.3) is 10.9 Å². The molecule has 1 atom stereocenters. The molecule has 1 aromatic carbocycles. The number of aliphatic hydroxyl groups is 1. The van der Waals surface area contributed by atoms with Crippen molar-refractivity contribution < 1.29 is 14.7 Å². The summed E-state index contributed by atoms with van der Waals surface area (Å²) in [5, 5.41) is 10.0. The molecule has 0 unspecified atom stereocenters. The van der Waals surface area contributed by atoms with Crippen LogP contribution in [0.2, 0.25) is 0 Å². The number of nitrogens with one attached hydrogen (secondary N) is 1. The second kappa shape index (κ2) is 5.07. The molecule has 0 saturated carbocycles. The van der Waals surface area contributed by atoms with Gasteiger partial charge in [0.05, 0.1) is 10.9 Å². The summed E-state index contributed by atoms with van der Waals surface area (Å²) in [4.78, 5) is 31.8. The van der Waals surface area contributed by atoms with Crippen molar-refractivity contribution in [2.75, 3.05) is 5.59 Å². The average molecular weight is 263 g/mol. The van der Waals surface area contributed by atoms with Crippen molar-refractivity contribution >= 4 is 16.9 Å². The number of carbonyl (C=O) groups is 1. The predicted molar refractivity (Wildman–Crippen MR) is 67.8 cm³/mol. The molecule has 0 bridgehead atoms. The van der Waals surface area contributed by atoms with Gasteiger partial charge >= 0.3 is 5.97 Å². The fraction of sp³-hybridized carbons (Fsp3) is 0.250. The van der Waals surface area contributed by atoms with Gasteiger partial charge in [0.1, 0.15) is 6.10 Å². The van der Waals surface area contributed by atoms with Crippen LogP contribution in [0, 0.1) is 0 Å². The van der Waals surface area contributed by atoms with Crippen LogP contribution < -0.4 is 11.1 Å². The fourth-order valence-electron chi connectivity index (χ4n) is 1.63. The van der Waals surface area contributed by atoms with Gasteiger partial charge in [-0.15, -0.1) is 5.59 Å². The van der Waals surface area contributed by atoms with Gasteiger partial charge in [-0.3, -0.25) is 4.79 Å². The number of rotatable bonds is 3. The van der Waals surface area contributed by atoms with Gasteiger partial charge in [0.25, 0.3) is 5.56 Å². The molecular formula is C12H13N3O4. The van der Waals surface area contributed by atoms with Crippen molar-refractivity contribution in [2.24, 2.45) is 0 Å². The number of carbonyl (C=O) groups excluding carboxylic acids is 1. The Hall–Kier alpha value is -2.41. The van der Waals surface area contributed by atoms with Crippen molar-refractivity contribution in [2.45, 2.75) is 20.0 Å². The normalized spacial score (nSPS) is 12.2. The highest BCUT2D eigenvalue weighted by atomic mass is 16.7. The number of hydrogen-bond acceptors (Lipinski definition) is 6. The minimum Gasteiger partial charge on any atom is -0.385 e. The van der Waals surface area contributed by atoms with Crippen LogP contribution in [0.15, 0.2) is 29.1 Å². The first-order valence-corrected chi connectivity index (χ1v) is 5.64. The molecule has 0 saturated heterocycles. The Morgan fingerprint density at radius 1 is 1.47 bits per heavy atom. The molecule has 2 N–H and O–H groups in total. The van der Waals surface area contributed by atoms with Gasteiger partial charge in [-0.1, -0.05) is 12.1 Å². The lowest BCUT2D eigenvalue weighted by Crippen LogP contribution is -2.34. The van der Waals surface area contributed by atoms with Gasteiger partial charge in [0, 0.05) is 6.92 Å². The minimum atomic E-state index is -1.000. The number of aromatic nitrogens is 2. The van der Waals surface area contributed by atoms with E-state index >= 15 is 0 Å². The molecule has 1 heterocycles. The number of nitrogens with zero attached hydrogens (tertiary/aromatic N) is 2. The number of benzene rings is 1. The highest BCUT2D eigenvalue weighted by Gasteiger charge is 2.15. The average Bonchev–Trinajstić information content (AvgIpc) is 2.37. The molecule has 0 amide bonds. The highest BCUT2D eigenvalue weighted by Crippen LogP contribution is 2.12. The van der Waals surface area contributed by atoms with Crippen LogP contribution in [-0.2, 0) is 9.63 Å². The molecule has 2 rings (SSSR count). The summed E-state index contributed by atoms with van der Waals surface area (Å²) in [6, 6.07) is 6.70. The van der Waals surface area contributed by atoms with E-state index in [-0.39, 0.29) is 5.82 Å². The molecule has 2 aromatic rings. The van der Waals surface area contributed by atoms with E-state index in [0.29, 0.717) is 10.9 Å². The van der Waals surface area contributed by atoms with Crippen LogP contribution in [0.4, 0.5) is 0 Å². The van der Waals surface area contributed by atoms with Gasteiger partial charge < -0.3 is 9.94 Å². The van der Waals surface area contributed by atoms with Crippen molar-refractivity contribution in [1.29, 1.82) is 0 Å². The molecule has 100 valence electrons. The summed E-state index contributed by atoms with van der Waals surface area (Å²) in [6.07, 6.45) is -1.000. The Morgan fingerprint density at radius 3 is 2.79 bits per heavy atom. The number of aliphatic hydroxyl groups excluding tert-OH is 1. The minimum absolute atomic E-state index is 0.0601. The molecule has 0 aliphatic carbocycles. The first kappa shape index (κ1) is 13.0. The van der Waals surface area contributed by atoms with E-state index in [4.69, 9.17) is 0 Å². The van der Waals surface area contributed by atoms with Gasteiger partial charge in [0.15, 0.2) is 5.82 Å². The molecule has 0 spiro atoms. The van der Waals surface area contributed by atoms with E-state index < -0.39 is 17.6 Å². The van der Waals surface area contributed by atoms with E-state index in [1.807, 2.05) is 0 Å². The monoisotopic (exact) mass is 263 g/mol. The topological polar surface area (TPSA) is 93.4 Å².